The second-order valence-corrected chi connectivity index (χ2v) is 2.70. The van der Waals surface area contributed by atoms with Gasteiger partial charge in [-0.1, -0.05) is 29.3 Å². The minimum absolute atomic E-state index is 0.354. The van der Waals surface area contributed by atoms with E-state index >= 15 is 0 Å². The van der Waals surface area contributed by atoms with E-state index in [0.717, 1.165) is 6.42 Å². The lowest BCUT2D eigenvalue weighted by molar-refractivity contribution is -0.136. The van der Waals surface area contributed by atoms with E-state index in [9.17, 15) is 4.79 Å². The van der Waals surface area contributed by atoms with Gasteiger partial charge in [-0.3, -0.25) is 4.79 Å². The first-order valence-corrected chi connectivity index (χ1v) is 3.47. The summed E-state index contributed by atoms with van der Waals surface area (Å²) in [5.74, 6) is -0.771. The third kappa shape index (κ3) is 3.02. The van der Waals surface area contributed by atoms with Crippen molar-refractivity contribution in [3.05, 3.63) is 0 Å². The van der Waals surface area contributed by atoms with Gasteiger partial charge in [-0.05, 0) is 6.42 Å². The molecule has 0 fully saturated rings. The first-order valence-electron chi connectivity index (χ1n) is 2.55. The van der Waals surface area contributed by atoms with Crippen molar-refractivity contribution in [2.24, 2.45) is 0 Å². The zero-order chi connectivity index (χ0) is 6.57. The van der Waals surface area contributed by atoms with Crippen LogP contribution in [0.2, 0.25) is 0 Å². The molecule has 8 heavy (non-hydrogen) atoms. The Kier molecular flexibility index (Phi) is 3.87. The Morgan fingerprint density at radius 1 is 1.88 bits per heavy atom. The quantitative estimate of drug-likeness (QED) is 0.672. The van der Waals surface area contributed by atoms with Gasteiger partial charge in [0, 0.05) is 0 Å². The van der Waals surface area contributed by atoms with E-state index in [-0.39, 0.29) is 4.83 Å². The van der Waals surface area contributed by atoms with E-state index in [4.69, 9.17) is 5.11 Å². The molecule has 0 amide bonds. The lowest BCUT2D eigenvalue weighted by Gasteiger charge is -1.98. The van der Waals surface area contributed by atoms with Gasteiger partial charge in [-0.15, -0.1) is 0 Å². The zero-order valence-corrected chi connectivity index (χ0v) is 6.31. The van der Waals surface area contributed by atoms with Crippen LogP contribution >= 0.6 is 15.9 Å². The minimum Gasteiger partial charge on any atom is -0.480 e. The Morgan fingerprint density at radius 2 is 2.38 bits per heavy atom. The normalized spacial score (nSPS) is 13.2. The third-order valence-electron chi connectivity index (χ3n) is 0.810. The van der Waals surface area contributed by atoms with Crippen molar-refractivity contribution in [1.82, 2.24) is 0 Å². The standard InChI is InChI=1S/C5H9BrO2/c1-2-3-4(6)5(7)8/h4H,2-3H2,1H3,(H,7,8)/t4-/m1/s1. The molecule has 0 unspecified atom stereocenters. The smallest absolute Gasteiger partial charge is 0.317 e. The number of carbonyl (C=O) groups is 1. The minimum atomic E-state index is -0.771. The summed E-state index contributed by atoms with van der Waals surface area (Å²) >= 11 is 3.00. The molecule has 2 nitrogen and oxygen atoms in total. The van der Waals surface area contributed by atoms with Gasteiger partial charge >= 0.3 is 5.97 Å². The van der Waals surface area contributed by atoms with Crippen molar-refractivity contribution >= 4 is 21.9 Å². The third-order valence-corrected chi connectivity index (χ3v) is 1.66. The molecule has 0 bridgehead atoms. The number of aliphatic carboxylic acids is 1. The van der Waals surface area contributed by atoms with Crippen molar-refractivity contribution in [3.8, 4) is 0 Å². The van der Waals surface area contributed by atoms with E-state index in [2.05, 4.69) is 15.9 Å². The first-order chi connectivity index (χ1) is 3.68. The predicted octanol–water partition coefficient (Wildman–Crippen LogP) is 1.63. The highest BCUT2D eigenvalue weighted by atomic mass is 79.9. The molecule has 0 aliphatic carbocycles. The van der Waals surface area contributed by atoms with Crippen LogP contribution in [0.25, 0.3) is 0 Å². The van der Waals surface area contributed by atoms with Crippen molar-refractivity contribution in [2.45, 2.75) is 24.6 Å². The first kappa shape index (κ1) is 7.95. The van der Waals surface area contributed by atoms with Crippen molar-refractivity contribution in [3.63, 3.8) is 0 Å². The van der Waals surface area contributed by atoms with Crippen LogP contribution < -0.4 is 0 Å². The molecule has 1 N–H and O–H groups in total. The molecule has 0 aliphatic heterocycles. The van der Waals surface area contributed by atoms with Gasteiger partial charge in [-0.25, -0.2) is 0 Å². The van der Waals surface area contributed by atoms with Crippen LogP contribution in [0, 0.1) is 0 Å². The molecule has 0 spiro atoms. The molecule has 0 aromatic heterocycles. The summed E-state index contributed by atoms with van der Waals surface area (Å²) < 4.78 is 0. The van der Waals surface area contributed by atoms with E-state index < -0.39 is 5.97 Å². The zero-order valence-electron chi connectivity index (χ0n) is 4.72. The number of rotatable bonds is 3. The summed E-state index contributed by atoms with van der Waals surface area (Å²) in [5.41, 5.74) is 0. The average molecular weight is 181 g/mol. The number of hydrogen-bond donors (Lipinski definition) is 1. The van der Waals surface area contributed by atoms with Crippen LogP contribution in [0.1, 0.15) is 19.8 Å². The van der Waals surface area contributed by atoms with Gasteiger partial charge in [0.05, 0.1) is 0 Å². The average Bonchev–Trinajstić information content (AvgIpc) is 1.67. The molecule has 0 saturated heterocycles. The van der Waals surface area contributed by atoms with Crippen molar-refractivity contribution in [2.75, 3.05) is 0 Å². The summed E-state index contributed by atoms with van der Waals surface area (Å²) in [5, 5.41) is 8.27. The largest absolute Gasteiger partial charge is 0.480 e. The molecule has 48 valence electrons. The summed E-state index contributed by atoms with van der Waals surface area (Å²) in [7, 11) is 0. The molecule has 0 rings (SSSR count). The molecule has 0 saturated carbocycles. The number of carboxylic acid groups (broad SMARTS) is 1. The predicted molar refractivity (Wildman–Crippen MR) is 35.3 cm³/mol. The summed E-state index contributed by atoms with van der Waals surface area (Å²) in [4.78, 5) is 9.69. The molecule has 0 aromatic rings. The van der Waals surface area contributed by atoms with E-state index in [0.29, 0.717) is 6.42 Å². The highest BCUT2D eigenvalue weighted by molar-refractivity contribution is 9.10. The van der Waals surface area contributed by atoms with Gasteiger partial charge in [-0.2, -0.15) is 0 Å². The summed E-state index contributed by atoms with van der Waals surface area (Å²) in [6, 6.07) is 0. The van der Waals surface area contributed by atoms with Gasteiger partial charge in [0.25, 0.3) is 0 Å². The summed E-state index contributed by atoms with van der Waals surface area (Å²) in [6.07, 6.45) is 1.61. The van der Waals surface area contributed by atoms with Crippen molar-refractivity contribution in [1.29, 1.82) is 0 Å². The van der Waals surface area contributed by atoms with Crippen LogP contribution in [0.15, 0.2) is 0 Å². The van der Waals surface area contributed by atoms with Gasteiger partial charge in [0.2, 0.25) is 0 Å². The Bertz CT molecular complexity index is 82.5. The fourth-order valence-corrected chi connectivity index (χ4v) is 0.835. The maximum atomic E-state index is 10.0. The fourth-order valence-electron chi connectivity index (χ4n) is 0.377. The molecule has 0 aromatic carbocycles. The molecular formula is C5H9BrO2. The Balaban J connectivity index is 3.32. The Hall–Kier alpha value is -0.0500. The van der Waals surface area contributed by atoms with Gasteiger partial charge < -0.3 is 5.11 Å². The highest BCUT2D eigenvalue weighted by Crippen LogP contribution is 2.06. The monoisotopic (exact) mass is 180 g/mol. The van der Waals surface area contributed by atoms with E-state index in [1.165, 1.54) is 0 Å². The van der Waals surface area contributed by atoms with Crippen LogP contribution in [0.4, 0.5) is 0 Å². The van der Waals surface area contributed by atoms with Crippen LogP contribution in [0.5, 0.6) is 0 Å². The second-order valence-electron chi connectivity index (χ2n) is 1.59. The molecule has 0 aliphatic rings. The lowest BCUT2D eigenvalue weighted by Crippen LogP contribution is -2.11. The van der Waals surface area contributed by atoms with E-state index in [1.807, 2.05) is 6.92 Å². The molecule has 0 radical (unpaired) electrons. The Labute approximate surface area is 57.0 Å². The van der Waals surface area contributed by atoms with Crippen LogP contribution in [-0.4, -0.2) is 15.9 Å². The second kappa shape index (κ2) is 3.89. The molecule has 1 atom stereocenters. The Morgan fingerprint density at radius 3 is 2.50 bits per heavy atom. The SMILES string of the molecule is CCC[C@@H](Br)C(=O)O. The maximum Gasteiger partial charge on any atom is 0.317 e. The number of hydrogen-bond acceptors (Lipinski definition) is 1. The number of carboxylic acids is 1. The fraction of sp³-hybridized carbons (Fsp3) is 0.800. The lowest BCUT2D eigenvalue weighted by atomic mass is 10.2. The molecular weight excluding hydrogens is 172 g/mol. The highest BCUT2D eigenvalue weighted by Gasteiger charge is 2.09. The molecule has 3 heteroatoms. The van der Waals surface area contributed by atoms with Crippen molar-refractivity contribution < 1.29 is 9.90 Å². The van der Waals surface area contributed by atoms with Crippen LogP contribution in [-0.2, 0) is 4.79 Å². The molecule has 0 heterocycles. The van der Waals surface area contributed by atoms with Crippen LogP contribution in [0.3, 0.4) is 0 Å². The summed E-state index contributed by atoms with van der Waals surface area (Å²) in [6.45, 7) is 1.96. The van der Waals surface area contributed by atoms with Gasteiger partial charge in [0.15, 0.2) is 0 Å². The maximum absolute atomic E-state index is 10.0. The topological polar surface area (TPSA) is 37.3 Å². The van der Waals surface area contributed by atoms with E-state index in [1.54, 1.807) is 0 Å². The van der Waals surface area contributed by atoms with Gasteiger partial charge in [0.1, 0.15) is 4.83 Å². The number of alkyl halides is 1. The number of halogens is 1.